The standard InChI is InChI=1S/C23H18N4O4/c28-21(26-12-16-10-24-14-25-11-16)19-6-5-17-7-8-27(22(29)20(17)9-19)13-15-1-3-18(4-2-15)23(30)31/h1-11,14H,12-13H2,(H,26,28)(H,30,31). The van der Waals surface area contributed by atoms with Gasteiger partial charge in [0, 0.05) is 41.6 Å². The molecule has 2 N–H and O–H groups in total. The lowest BCUT2D eigenvalue weighted by Gasteiger charge is -2.09. The molecule has 4 aromatic rings. The topological polar surface area (TPSA) is 114 Å². The second-order valence-corrected chi connectivity index (χ2v) is 6.98. The molecule has 0 fully saturated rings. The third kappa shape index (κ3) is 4.48. The van der Waals surface area contributed by atoms with Crippen LogP contribution in [0.4, 0.5) is 0 Å². The van der Waals surface area contributed by atoms with Gasteiger partial charge in [0.25, 0.3) is 11.5 Å². The van der Waals surface area contributed by atoms with Gasteiger partial charge < -0.3 is 15.0 Å². The zero-order chi connectivity index (χ0) is 21.8. The van der Waals surface area contributed by atoms with E-state index in [4.69, 9.17) is 5.11 Å². The third-order valence-electron chi connectivity index (χ3n) is 4.86. The van der Waals surface area contributed by atoms with Crippen molar-refractivity contribution in [2.24, 2.45) is 0 Å². The minimum Gasteiger partial charge on any atom is -0.478 e. The van der Waals surface area contributed by atoms with Gasteiger partial charge in [-0.15, -0.1) is 0 Å². The minimum absolute atomic E-state index is 0.187. The number of nitrogens with one attached hydrogen (secondary N) is 1. The number of fused-ring (bicyclic) bond motifs is 1. The van der Waals surface area contributed by atoms with Crippen LogP contribution in [0, 0.1) is 0 Å². The van der Waals surface area contributed by atoms with Gasteiger partial charge in [-0.25, -0.2) is 14.8 Å². The van der Waals surface area contributed by atoms with Crippen molar-refractivity contribution in [3.05, 3.63) is 106 Å². The molecule has 0 aliphatic rings. The number of aromatic carboxylic acids is 1. The van der Waals surface area contributed by atoms with Gasteiger partial charge in [0.15, 0.2) is 0 Å². The van der Waals surface area contributed by atoms with Gasteiger partial charge in [-0.2, -0.15) is 0 Å². The van der Waals surface area contributed by atoms with Crippen molar-refractivity contribution in [1.29, 1.82) is 0 Å². The predicted molar refractivity (Wildman–Crippen MR) is 114 cm³/mol. The van der Waals surface area contributed by atoms with Crippen molar-refractivity contribution < 1.29 is 14.7 Å². The van der Waals surface area contributed by atoms with Crippen molar-refractivity contribution in [1.82, 2.24) is 19.9 Å². The first kappa shape index (κ1) is 20.0. The maximum atomic E-state index is 13.0. The molecule has 2 heterocycles. The van der Waals surface area contributed by atoms with E-state index in [1.54, 1.807) is 48.9 Å². The number of hydrogen-bond acceptors (Lipinski definition) is 5. The average molecular weight is 414 g/mol. The molecule has 31 heavy (non-hydrogen) atoms. The molecule has 0 radical (unpaired) electrons. The smallest absolute Gasteiger partial charge is 0.335 e. The van der Waals surface area contributed by atoms with Crippen molar-refractivity contribution in [2.45, 2.75) is 13.1 Å². The highest BCUT2D eigenvalue weighted by Crippen LogP contribution is 2.14. The Morgan fingerprint density at radius 2 is 1.65 bits per heavy atom. The van der Waals surface area contributed by atoms with Crippen LogP contribution in [0.2, 0.25) is 0 Å². The molecule has 0 saturated heterocycles. The number of pyridine rings is 1. The van der Waals surface area contributed by atoms with Crippen molar-refractivity contribution >= 4 is 22.6 Å². The Balaban J connectivity index is 1.57. The molecule has 0 atom stereocenters. The van der Waals surface area contributed by atoms with Crippen LogP contribution in [0.1, 0.15) is 31.8 Å². The summed E-state index contributed by atoms with van der Waals surface area (Å²) in [5.74, 6) is -1.30. The van der Waals surface area contributed by atoms with E-state index >= 15 is 0 Å². The Bertz CT molecular complexity index is 1320. The number of benzene rings is 2. The third-order valence-corrected chi connectivity index (χ3v) is 4.86. The van der Waals surface area contributed by atoms with Gasteiger partial charge in [-0.3, -0.25) is 9.59 Å². The second-order valence-electron chi connectivity index (χ2n) is 6.98. The summed E-state index contributed by atoms with van der Waals surface area (Å²) < 4.78 is 1.53. The van der Waals surface area contributed by atoms with Crippen molar-refractivity contribution in [3.8, 4) is 0 Å². The lowest BCUT2D eigenvalue weighted by atomic mass is 10.1. The van der Waals surface area contributed by atoms with Crippen LogP contribution in [-0.2, 0) is 13.1 Å². The van der Waals surface area contributed by atoms with Gasteiger partial charge >= 0.3 is 5.97 Å². The van der Waals surface area contributed by atoms with E-state index in [1.807, 2.05) is 6.07 Å². The van der Waals surface area contributed by atoms with Crippen LogP contribution in [0.3, 0.4) is 0 Å². The fourth-order valence-corrected chi connectivity index (χ4v) is 3.20. The number of nitrogens with zero attached hydrogens (tertiary/aromatic N) is 3. The lowest BCUT2D eigenvalue weighted by Crippen LogP contribution is -2.24. The number of amides is 1. The highest BCUT2D eigenvalue weighted by atomic mass is 16.4. The Hall–Kier alpha value is -4.33. The number of carbonyl (C=O) groups excluding carboxylic acids is 1. The number of carboxylic acids is 1. The summed E-state index contributed by atoms with van der Waals surface area (Å²) in [6, 6.07) is 13.2. The Morgan fingerprint density at radius 3 is 2.35 bits per heavy atom. The molecule has 0 saturated carbocycles. The molecular weight excluding hydrogens is 396 g/mol. The molecule has 0 aliphatic heterocycles. The van der Waals surface area contributed by atoms with Crippen LogP contribution in [0.5, 0.6) is 0 Å². The summed E-state index contributed by atoms with van der Waals surface area (Å²) in [7, 11) is 0. The van der Waals surface area contributed by atoms with E-state index in [-0.39, 0.29) is 23.6 Å². The van der Waals surface area contributed by atoms with E-state index < -0.39 is 5.97 Å². The van der Waals surface area contributed by atoms with Gasteiger partial charge in [-0.05, 0) is 41.3 Å². The van der Waals surface area contributed by atoms with Gasteiger partial charge in [0.2, 0.25) is 0 Å². The summed E-state index contributed by atoms with van der Waals surface area (Å²) in [6.07, 6.45) is 6.34. The monoisotopic (exact) mass is 414 g/mol. The Kier molecular flexibility index (Phi) is 5.53. The summed E-state index contributed by atoms with van der Waals surface area (Å²) in [5, 5.41) is 13.0. The second kappa shape index (κ2) is 8.58. The molecule has 0 spiro atoms. The first-order valence-corrected chi connectivity index (χ1v) is 9.49. The Morgan fingerprint density at radius 1 is 0.935 bits per heavy atom. The molecule has 2 aromatic heterocycles. The first-order valence-electron chi connectivity index (χ1n) is 9.49. The average Bonchev–Trinajstić information content (AvgIpc) is 2.80. The Labute approximate surface area is 176 Å². The number of aromatic nitrogens is 3. The van der Waals surface area contributed by atoms with Gasteiger partial charge in [0.1, 0.15) is 6.33 Å². The van der Waals surface area contributed by atoms with Crippen LogP contribution in [0.15, 0.2) is 78.2 Å². The minimum atomic E-state index is -1.000. The van der Waals surface area contributed by atoms with Crippen LogP contribution < -0.4 is 10.9 Å². The molecule has 154 valence electrons. The first-order chi connectivity index (χ1) is 15.0. The van der Waals surface area contributed by atoms with Crippen LogP contribution in [0.25, 0.3) is 10.8 Å². The quantitative estimate of drug-likeness (QED) is 0.501. The fourth-order valence-electron chi connectivity index (χ4n) is 3.20. The molecular formula is C23H18N4O4. The van der Waals surface area contributed by atoms with Crippen LogP contribution in [-0.4, -0.2) is 31.5 Å². The largest absolute Gasteiger partial charge is 0.478 e. The van der Waals surface area contributed by atoms with E-state index in [1.165, 1.54) is 23.0 Å². The number of carboxylic acid groups (broad SMARTS) is 1. The highest BCUT2D eigenvalue weighted by Gasteiger charge is 2.10. The van der Waals surface area contributed by atoms with Crippen molar-refractivity contribution in [3.63, 3.8) is 0 Å². The summed E-state index contributed by atoms with van der Waals surface area (Å²) >= 11 is 0. The zero-order valence-corrected chi connectivity index (χ0v) is 16.4. The van der Waals surface area contributed by atoms with E-state index in [0.717, 1.165) is 16.5 Å². The molecule has 2 aromatic carbocycles. The van der Waals surface area contributed by atoms with E-state index in [0.29, 0.717) is 17.5 Å². The SMILES string of the molecule is O=C(O)c1ccc(Cn2ccc3ccc(C(=O)NCc4cncnc4)cc3c2=O)cc1. The maximum Gasteiger partial charge on any atom is 0.335 e. The summed E-state index contributed by atoms with van der Waals surface area (Å²) in [6.45, 7) is 0.572. The molecule has 0 unspecified atom stereocenters. The van der Waals surface area contributed by atoms with Gasteiger partial charge in [0.05, 0.1) is 12.1 Å². The van der Waals surface area contributed by atoms with Crippen LogP contribution >= 0.6 is 0 Å². The molecule has 1 amide bonds. The maximum absolute atomic E-state index is 13.0. The summed E-state index contributed by atoms with van der Waals surface area (Å²) in [5.41, 5.74) is 1.90. The number of rotatable bonds is 6. The zero-order valence-electron chi connectivity index (χ0n) is 16.4. The molecule has 0 bridgehead atoms. The number of hydrogen-bond donors (Lipinski definition) is 2. The molecule has 8 nitrogen and oxygen atoms in total. The fraction of sp³-hybridized carbons (Fsp3) is 0.0870. The summed E-state index contributed by atoms with van der Waals surface area (Å²) in [4.78, 5) is 44.3. The molecule has 8 heteroatoms. The van der Waals surface area contributed by atoms with Gasteiger partial charge in [-0.1, -0.05) is 18.2 Å². The van der Waals surface area contributed by atoms with Crippen molar-refractivity contribution in [2.75, 3.05) is 0 Å². The van der Waals surface area contributed by atoms with E-state index in [9.17, 15) is 14.4 Å². The lowest BCUT2D eigenvalue weighted by molar-refractivity contribution is 0.0696. The molecule has 0 aliphatic carbocycles. The predicted octanol–water partition coefficient (Wildman–Crippen LogP) is 2.47. The molecule has 4 rings (SSSR count). The van der Waals surface area contributed by atoms with E-state index in [2.05, 4.69) is 15.3 Å². The normalized spacial score (nSPS) is 10.7. The highest BCUT2D eigenvalue weighted by molar-refractivity contribution is 5.98. The number of carbonyl (C=O) groups is 2.